The van der Waals surface area contributed by atoms with E-state index in [9.17, 15) is 14.4 Å². The molecule has 2 aromatic heterocycles. The molecule has 1 unspecified atom stereocenters. The van der Waals surface area contributed by atoms with Gasteiger partial charge in [-0.3, -0.25) is 4.98 Å². The molecule has 314 valence electrons. The third kappa shape index (κ3) is 13.2. The van der Waals surface area contributed by atoms with Gasteiger partial charge in [-0.1, -0.05) is 84.7 Å². The summed E-state index contributed by atoms with van der Waals surface area (Å²) in [6.07, 6.45) is 6.08. The second-order valence-electron chi connectivity index (χ2n) is 13.1. The number of esters is 1. The number of aromatic nitrogens is 3. The summed E-state index contributed by atoms with van der Waals surface area (Å²) in [5.41, 5.74) is 0.463. The van der Waals surface area contributed by atoms with Crippen molar-refractivity contribution in [1.29, 1.82) is 0 Å². The molecular weight excluding hydrogens is 884 g/mol. The molecule has 0 spiro atoms. The van der Waals surface area contributed by atoms with Gasteiger partial charge in [0, 0.05) is 28.1 Å². The van der Waals surface area contributed by atoms with Crippen LogP contribution in [-0.4, -0.2) is 58.2 Å². The van der Waals surface area contributed by atoms with E-state index in [1.807, 2.05) is 20.8 Å². The van der Waals surface area contributed by atoms with Gasteiger partial charge < -0.3 is 33.2 Å². The number of rotatable bonds is 11. The van der Waals surface area contributed by atoms with E-state index in [1.165, 1.54) is 19.2 Å². The molecule has 60 heavy (non-hydrogen) atoms. The Labute approximate surface area is 369 Å². The molecule has 6 rings (SSSR count). The lowest BCUT2D eigenvalue weighted by Gasteiger charge is -2.13. The standard InChI is InChI=1S/C16H14Cl2O4.C15H14Cl2N2O3.C11H8ClNO3/c1-10(16(19)20-2)21-12-4-6-13(7-5-12)22-15-8-3-11(17)9-14(15)18;1-5-6-21-12-8-11(9(16)7-10(12)17)19-14(20)22-13(18-19)15(2,3)4;12-8-3-4-9(16-6-10(14)15)11-7(8)2-1-5-13-11/h3-10H,1-2H3;1,7-8H,6H2,2-4H3;1-5H,6H2,(H,14,15). The van der Waals surface area contributed by atoms with Crippen LogP contribution in [0.1, 0.15) is 33.6 Å². The van der Waals surface area contributed by atoms with Gasteiger partial charge in [-0.05, 0) is 79.7 Å². The highest BCUT2D eigenvalue weighted by molar-refractivity contribution is 6.37. The van der Waals surface area contributed by atoms with Crippen LogP contribution >= 0.6 is 58.0 Å². The molecule has 4 aromatic carbocycles. The van der Waals surface area contributed by atoms with Crippen molar-refractivity contribution in [2.45, 2.75) is 39.2 Å². The summed E-state index contributed by atoms with van der Waals surface area (Å²) in [6.45, 7) is 6.91. The van der Waals surface area contributed by atoms with Gasteiger partial charge in [0.2, 0.25) is 5.89 Å². The van der Waals surface area contributed by atoms with Crippen molar-refractivity contribution in [1.82, 2.24) is 14.8 Å². The van der Waals surface area contributed by atoms with Gasteiger partial charge in [0.1, 0.15) is 40.9 Å². The average Bonchev–Trinajstić information content (AvgIpc) is 3.61. The van der Waals surface area contributed by atoms with E-state index in [1.54, 1.807) is 79.9 Å². The Balaban J connectivity index is 0.000000201. The van der Waals surface area contributed by atoms with Crippen molar-refractivity contribution in [3.63, 3.8) is 0 Å². The van der Waals surface area contributed by atoms with Crippen LogP contribution in [0.2, 0.25) is 25.1 Å². The van der Waals surface area contributed by atoms with Gasteiger partial charge in [0.15, 0.2) is 12.7 Å². The van der Waals surface area contributed by atoms with E-state index in [4.69, 9.17) is 92.9 Å². The summed E-state index contributed by atoms with van der Waals surface area (Å²) >= 11 is 30.0. The molecule has 2 heterocycles. The van der Waals surface area contributed by atoms with E-state index >= 15 is 0 Å². The fourth-order valence-corrected chi connectivity index (χ4v) is 5.88. The number of carboxylic acids is 1. The Hall–Kier alpha value is -5.62. The zero-order valence-electron chi connectivity index (χ0n) is 32.5. The fraction of sp³-hybridized carbons (Fsp3) is 0.214. The Bertz CT molecular complexity index is 2550. The second kappa shape index (κ2) is 21.6. The molecule has 0 fully saturated rings. The maximum Gasteiger partial charge on any atom is 0.442 e. The average molecular weight is 920 g/mol. The lowest BCUT2D eigenvalue weighted by molar-refractivity contribution is -0.148. The smallest absolute Gasteiger partial charge is 0.442 e. The predicted molar refractivity (Wildman–Crippen MR) is 230 cm³/mol. The number of nitrogens with zero attached hydrogens (tertiary/aromatic N) is 3. The number of fused-ring (bicyclic) bond motifs is 1. The van der Waals surface area contributed by atoms with Crippen molar-refractivity contribution in [3.8, 4) is 46.8 Å². The number of hydrogen-bond acceptors (Lipinski definition) is 11. The van der Waals surface area contributed by atoms with Crippen LogP contribution in [0.3, 0.4) is 0 Å². The van der Waals surface area contributed by atoms with Crippen LogP contribution in [0, 0.1) is 12.3 Å². The van der Waals surface area contributed by atoms with Crippen molar-refractivity contribution >= 4 is 80.8 Å². The highest BCUT2D eigenvalue weighted by Gasteiger charge is 2.24. The first kappa shape index (κ1) is 47.1. The first-order valence-electron chi connectivity index (χ1n) is 17.4. The van der Waals surface area contributed by atoms with Crippen LogP contribution in [-0.2, 0) is 19.7 Å². The highest BCUT2D eigenvalue weighted by Crippen LogP contribution is 2.34. The summed E-state index contributed by atoms with van der Waals surface area (Å²) in [6, 6.07) is 21.6. The Morgan fingerprint density at radius 2 is 1.53 bits per heavy atom. The van der Waals surface area contributed by atoms with Crippen LogP contribution < -0.4 is 24.7 Å². The number of methoxy groups -OCH3 is 1. The number of hydrogen-bond donors (Lipinski definition) is 1. The summed E-state index contributed by atoms with van der Waals surface area (Å²) < 4.78 is 32.4. The Morgan fingerprint density at radius 3 is 2.15 bits per heavy atom. The molecule has 0 bridgehead atoms. The number of halogens is 5. The van der Waals surface area contributed by atoms with Gasteiger partial charge in [-0.25, -0.2) is 14.4 Å². The predicted octanol–water partition coefficient (Wildman–Crippen LogP) is 10.5. The minimum Gasteiger partial charge on any atom is -0.480 e. The van der Waals surface area contributed by atoms with E-state index < -0.39 is 35.8 Å². The van der Waals surface area contributed by atoms with E-state index in [-0.39, 0.29) is 16.7 Å². The van der Waals surface area contributed by atoms with Crippen molar-refractivity contribution in [3.05, 3.63) is 127 Å². The zero-order valence-corrected chi connectivity index (χ0v) is 36.3. The maximum absolute atomic E-state index is 12.0. The number of carboxylic acid groups (broad SMARTS) is 1. The molecule has 1 N–H and O–H groups in total. The van der Waals surface area contributed by atoms with E-state index in [2.05, 4.69) is 20.7 Å². The lowest BCUT2D eigenvalue weighted by Crippen LogP contribution is -2.24. The van der Waals surface area contributed by atoms with Gasteiger partial charge in [-0.15, -0.1) is 11.5 Å². The maximum atomic E-state index is 12.0. The van der Waals surface area contributed by atoms with Crippen molar-refractivity contribution in [2.75, 3.05) is 20.3 Å². The molecule has 0 amide bonds. The second-order valence-corrected chi connectivity index (χ2v) is 15.2. The van der Waals surface area contributed by atoms with Crippen molar-refractivity contribution < 1.29 is 42.8 Å². The first-order chi connectivity index (χ1) is 28.4. The Kier molecular flexibility index (Phi) is 16.9. The molecule has 0 aliphatic heterocycles. The summed E-state index contributed by atoms with van der Waals surface area (Å²) in [5.74, 6) is 2.88. The number of aliphatic carboxylic acids is 1. The van der Waals surface area contributed by atoms with E-state index in [0.717, 1.165) is 10.1 Å². The minimum absolute atomic E-state index is 0.0434. The third-order valence-corrected chi connectivity index (χ3v) is 9.01. The lowest BCUT2D eigenvalue weighted by atomic mass is 9.97. The summed E-state index contributed by atoms with van der Waals surface area (Å²) in [4.78, 5) is 37.8. The number of carbonyl (C=O) groups is 2. The molecule has 1 atom stereocenters. The number of carbonyl (C=O) groups excluding carboxylic acids is 1. The van der Waals surface area contributed by atoms with Crippen LogP contribution in [0.5, 0.6) is 28.7 Å². The Morgan fingerprint density at radius 1 is 0.867 bits per heavy atom. The van der Waals surface area contributed by atoms with E-state index in [0.29, 0.717) is 60.9 Å². The van der Waals surface area contributed by atoms with Crippen LogP contribution in [0.25, 0.3) is 16.6 Å². The summed E-state index contributed by atoms with van der Waals surface area (Å²) in [5, 5.41) is 15.5. The topological polar surface area (TPSA) is 161 Å². The summed E-state index contributed by atoms with van der Waals surface area (Å²) in [7, 11) is 1.31. The van der Waals surface area contributed by atoms with Crippen molar-refractivity contribution in [2.24, 2.45) is 0 Å². The number of ether oxygens (including phenoxy) is 5. The largest absolute Gasteiger partial charge is 0.480 e. The van der Waals surface area contributed by atoms with Crippen LogP contribution in [0.4, 0.5) is 0 Å². The fourth-order valence-electron chi connectivity index (χ4n) is 4.70. The minimum atomic E-state index is -1.03. The normalized spacial score (nSPS) is 11.2. The first-order valence-corrected chi connectivity index (χ1v) is 19.3. The number of pyridine rings is 1. The van der Waals surface area contributed by atoms with Crippen LogP contribution in [0.15, 0.2) is 94.3 Å². The molecule has 0 aliphatic rings. The monoisotopic (exact) mass is 917 g/mol. The zero-order chi connectivity index (χ0) is 44.1. The highest BCUT2D eigenvalue weighted by atomic mass is 35.5. The molecule has 0 saturated carbocycles. The molecule has 6 aromatic rings. The molecule has 0 saturated heterocycles. The number of benzene rings is 4. The molecule has 0 aliphatic carbocycles. The molecule has 13 nitrogen and oxygen atoms in total. The molecule has 18 heteroatoms. The molecule has 0 radical (unpaired) electrons. The SMILES string of the molecule is C#CCOc1cc(-n2nc(C(C)(C)C)oc2=O)c(Cl)cc1Cl.COC(=O)C(C)Oc1ccc(Oc2ccc(Cl)cc2Cl)cc1.O=C(O)COc1ccc(Cl)c2cccnc12. The van der Waals surface area contributed by atoms with Gasteiger partial charge in [0.25, 0.3) is 0 Å². The quantitative estimate of drug-likeness (QED) is 0.0969. The third-order valence-electron chi connectivity index (χ3n) is 7.55. The molecular formula is C42H36Cl5N3O10. The number of terminal acetylenes is 1. The van der Waals surface area contributed by atoms with Gasteiger partial charge in [-0.2, -0.15) is 4.68 Å². The van der Waals surface area contributed by atoms with Gasteiger partial charge in [0.05, 0.1) is 32.9 Å². The van der Waals surface area contributed by atoms with Gasteiger partial charge >= 0.3 is 17.7 Å².